The zero-order valence-electron chi connectivity index (χ0n) is 11.3. The van der Waals surface area contributed by atoms with Crippen molar-refractivity contribution in [1.29, 1.82) is 0 Å². The first-order chi connectivity index (χ1) is 9.66. The lowest BCUT2D eigenvalue weighted by Gasteiger charge is -2.14. The van der Waals surface area contributed by atoms with Gasteiger partial charge in [-0.25, -0.2) is 4.39 Å². The van der Waals surface area contributed by atoms with E-state index in [1.54, 1.807) is 6.92 Å². The van der Waals surface area contributed by atoms with Gasteiger partial charge in [0.2, 0.25) is 0 Å². The largest absolute Gasteiger partial charge is 0.490 e. The van der Waals surface area contributed by atoms with Gasteiger partial charge in [-0.2, -0.15) is 0 Å². The average Bonchev–Trinajstić information content (AvgIpc) is 2.45. The van der Waals surface area contributed by atoms with E-state index in [0.717, 1.165) is 5.75 Å². The minimum atomic E-state index is -0.782. The number of halogens is 1. The first-order valence-electron chi connectivity index (χ1n) is 6.45. The highest BCUT2D eigenvalue weighted by Gasteiger charge is 2.10. The van der Waals surface area contributed by atoms with Gasteiger partial charge in [0.1, 0.15) is 30.5 Å². The molecule has 0 unspecified atom stereocenters. The van der Waals surface area contributed by atoms with Crippen molar-refractivity contribution < 1.29 is 19.0 Å². The van der Waals surface area contributed by atoms with Gasteiger partial charge in [0.15, 0.2) is 0 Å². The number of para-hydroxylation sites is 1. The summed E-state index contributed by atoms with van der Waals surface area (Å²) in [6.07, 6.45) is -0.782. The van der Waals surface area contributed by atoms with Crippen molar-refractivity contribution in [2.24, 2.45) is 0 Å². The summed E-state index contributed by atoms with van der Waals surface area (Å²) in [5.41, 5.74) is 0.435. The SMILES string of the molecule is C[C@H](O)c1cc(F)ccc1OCCOc1ccccc1. The van der Waals surface area contributed by atoms with Gasteiger partial charge in [-0.05, 0) is 37.3 Å². The quantitative estimate of drug-likeness (QED) is 0.822. The second kappa shape index (κ2) is 6.91. The Bertz CT molecular complexity index is 541. The van der Waals surface area contributed by atoms with E-state index in [1.807, 2.05) is 30.3 Å². The Morgan fingerprint density at radius 3 is 2.45 bits per heavy atom. The van der Waals surface area contributed by atoms with E-state index in [4.69, 9.17) is 9.47 Å². The number of hydrogen-bond acceptors (Lipinski definition) is 3. The van der Waals surface area contributed by atoms with Crippen molar-refractivity contribution in [2.45, 2.75) is 13.0 Å². The minimum Gasteiger partial charge on any atom is -0.490 e. The Labute approximate surface area is 117 Å². The lowest BCUT2D eigenvalue weighted by atomic mass is 10.1. The molecule has 0 amide bonds. The molecule has 1 N–H and O–H groups in total. The van der Waals surface area contributed by atoms with Crippen LogP contribution in [0.2, 0.25) is 0 Å². The molecule has 0 saturated carbocycles. The zero-order chi connectivity index (χ0) is 14.4. The molecular formula is C16H17FO3. The summed E-state index contributed by atoms with van der Waals surface area (Å²) in [6, 6.07) is 13.5. The summed E-state index contributed by atoms with van der Waals surface area (Å²) >= 11 is 0. The maximum atomic E-state index is 13.1. The fourth-order valence-corrected chi connectivity index (χ4v) is 1.81. The Hall–Kier alpha value is -2.07. The lowest BCUT2D eigenvalue weighted by molar-refractivity contribution is 0.181. The van der Waals surface area contributed by atoms with Crippen LogP contribution >= 0.6 is 0 Å². The second-order valence-corrected chi connectivity index (χ2v) is 4.37. The van der Waals surface area contributed by atoms with E-state index in [-0.39, 0.29) is 0 Å². The van der Waals surface area contributed by atoms with Crippen molar-refractivity contribution in [1.82, 2.24) is 0 Å². The molecule has 4 heteroatoms. The highest BCUT2D eigenvalue weighted by Crippen LogP contribution is 2.25. The summed E-state index contributed by atoms with van der Waals surface area (Å²) < 4.78 is 24.1. The fraction of sp³-hybridized carbons (Fsp3) is 0.250. The molecule has 2 rings (SSSR count). The molecule has 1 atom stereocenters. The summed E-state index contributed by atoms with van der Waals surface area (Å²) in [6.45, 7) is 2.27. The monoisotopic (exact) mass is 276 g/mol. The minimum absolute atomic E-state index is 0.320. The van der Waals surface area contributed by atoms with Gasteiger partial charge in [-0.3, -0.25) is 0 Å². The standard InChI is InChI=1S/C16H17FO3/c1-12(18)15-11-13(17)7-8-16(15)20-10-9-19-14-5-3-2-4-6-14/h2-8,11-12,18H,9-10H2,1H3/t12-/m0/s1. The highest BCUT2D eigenvalue weighted by molar-refractivity contribution is 5.35. The predicted octanol–water partition coefficient (Wildman–Crippen LogP) is 3.34. The lowest BCUT2D eigenvalue weighted by Crippen LogP contribution is -2.10. The number of rotatable bonds is 6. The molecule has 0 bridgehead atoms. The van der Waals surface area contributed by atoms with Crippen LogP contribution in [-0.4, -0.2) is 18.3 Å². The van der Waals surface area contributed by atoms with Crippen molar-refractivity contribution in [3.63, 3.8) is 0 Å². The Morgan fingerprint density at radius 1 is 1.05 bits per heavy atom. The summed E-state index contributed by atoms with van der Waals surface area (Å²) in [7, 11) is 0. The molecule has 2 aromatic carbocycles. The first-order valence-corrected chi connectivity index (χ1v) is 6.45. The summed E-state index contributed by atoms with van der Waals surface area (Å²) in [4.78, 5) is 0. The topological polar surface area (TPSA) is 38.7 Å². The molecule has 0 aromatic heterocycles. The maximum Gasteiger partial charge on any atom is 0.125 e. The average molecular weight is 276 g/mol. The Balaban J connectivity index is 1.88. The van der Waals surface area contributed by atoms with Crippen molar-refractivity contribution in [3.8, 4) is 11.5 Å². The van der Waals surface area contributed by atoms with Crippen LogP contribution in [0.4, 0.5) is 4.39 Å². The Kier molecular flexibility index (Phi) is 4.96. The number of hydrogen-bond donors (Lipinski definition) is 1. The molecule has 2 aromatic rings. The van der Waals surface area contributed by atoms with Crippen LogP contribution in [0.5, 0.6) is 11.5 Å². The summed E-state index contributed by atoms with van der Waals surface area (Å²) in [5.74, 6) is 0.845. The van der Waals surface area contributed by atoms with Gasteiger partial charge < -0.3 is 14.6 Å². The number of aliphatic hydroxyl groups excluding tert-OH is 1. The van der Waals surface area contributed by atoms with E-state index >= 15 is 0 Å². The maximum absolute atomic E-state index is 13.1. The van der Waals surface area contributed by atoms with Gasteiger partial charge >= 0.3 is 0 Å². The number of aliphatic hydroxyl groups is 1. The summed E-state index contributed by atoms with van der Waals surface area (Å²) in [5, 5.41) is 9.59. The first kappa shape index (κ1) is 14.3. The molecule has 0 aliphatic heterocycles. The predicted molar refractivity (Wildman–Crippen MR) is 74.5 cm³/mol. The highest BCUT2D eigenvalue weighted by atomic mass is 19.1. The molecule has 0 aliphatic carbocycles. The normalized spacial score (nSPS) is 11.9. The molecule has 20 heavy (non-hydrogen) atoms. The fourth-order valence-electron chi connectivity index (χ4n) is 1.81. The molecular weight excluding hydrogens is 259 g/mol. The molecule has 0 saturated heterocycles. The van der Waals surface area contributed by atoms with E-state index in [9.17, 15) is 9.50 Å². The van der Waals surface area contributed by atoms with E-state index in [0.29, 0.717) is 24.5 Å². The van der Waals surface area contributed by atoms with Crippen molar-refractivity contribution in [2.75, 3.05) is 13.2 Å². The van der Waals surface area contributed by atoms with Gasteiger partial charge in [0.25, 0.3) is 0 Å². The third kappa shape index (κ3) is 3.96. The van der Waals surface area contributed by atoms with Gasteiger partial charge in [0.05, 0.1) is 6.10 Å². The molecule has 0 heterocycles. The number of ether oxygens (including phenoxy) is 2. The molecule has 0 spiro atoms. The molecule has 0 radical (unpaired) electrons. The van der Waals surface area contributed by atoms with Gasteiger partial charge in [-0.15, -0.1) is 0 Å². The van der Waals surface area contributed by atoms with Crippen molar-refractivity contribution in [3.05, 3.63) is 59.9 Å². The third-order valence-corrected chi connectivity index (χ3v) is 2.77. The Morgan fingerprint density at radius 2 is 1.75 bits per heavy atom. The van der Waals surface area contributed by atoms with Crippen LogP contribution in [0.3, 0.4) is 0 Å². The van der Waals surface area contributed by atoms with Crippen LogP contribution < -0.4 is 9.47 Å². The van der Waals surface area contributed by atoms with Gasteiger partial charge in [-0.1, -0.05) is 18.2 Å². The van der Waals surface area contributed by atoms with Gasteiger partial charge in [0, 0.05) is 5.56 Å². The van der Waals surface area contributed by atoms with Crippen LogP contribution in [0.25, 0.3) is 0 Å². The van der Waals surface area contributed by atoms with Crippen molar-refractivity contribution >= 4 is 0 Å². The molecule has 0 aliphatic rings. The second-order valence-electron chi connectivity index (χ2n) is 4.37. The van der Waals surface area contributed by atoms with E-state index in [1.165, 1.54) is 18.2 Å². The zero-order valence-corrected chi connectivity index (χ0v) is 11.3. The molecule has 106 valence electrons. The third-order valence-electron chi connectivity index (χ3n) is 2.77. The van der Waals surface area contributed by atoms with Crippen LogP contribution in [0, 0.1) is 5.82 Å². The van der Waals surface area contributed by atoms with Crippen LogP contribution in [-0.2, 0) is 0 Å². The van der Waals surface area contributed by atoms with E-state index < -0.39 is 11.9 Å². The molecule has 0 fully saturated rings. The smallest absolute Gasteiger partial charge is 0.125 e. The number of benzene rings is 2. The molecule has 3 nitrogen and oxygen atoms in total. The van der Waals surface area contributed by atoms with E-state index in [2.05, 4.69) is 0 Å². The van der Waals surface area contributed by atoms with Crippen LogP contribution in [0.1, 0.15) is 18.6 Å². The van der Waals surface area contributed by atoms with Crippen LogP contribution in [0.15, 0.2) is 48.5 Å².